The zero-order valence-electron chi connectivity index (χ0n) is 11.9. The molecule has 0 unspecified atom stereocenters. The summed E-state index contributed by atoms with van der Waals surface area (Å²) in [4.78, 5) is 6.10. The predicted molar refractivity (Wildman–Crippen MR) is 78.8 cm³/mol. The topological polar surface area (TPSA) is 37.4 Å². The average molecular weight is 275 g/mol. The van der Waals surface area contributed by atoms with E-state index < -0.39 is 0 Å². The van der Waals surface area contributed by atoms with Crippen LogP contribution in [0.4, 0.5) is 15.8 Å². The third-order valence-corrected chi connectivity index (χ3v) is 2.98. The van der Waals surface area contributed by atoms with Gasteiger partial charge in [0.1, 0.15) is 0 Å². The minimum Gasteiger partial charge on any atom is -0.494 e. The molecule has 1 aromatic heterocycles. The van der Waals surface area contributed by atoms with E-state index >= 15 is 0 Å². The Kier molecular flexibility index (Phi) is 4.40. The average Bonchev–Trinajstić information content (AvgIpc) is 2.45. The molecule has 0 saturated carbocycles. The maximum Gasteiger partial charge on any atom is 0.165 e. The van der Waals surface area contributed by atoms with Crippen molar-refractivity contribution in [2.45, 2.75) is 6.54 Å². The molecule has 0 saturated heterocycles. The second-order valence-corrected chi connectivity index (χ2v) is 4.61. The lowest BCUT2D eigenvalue weighted by Crippen LogP contribution is -2.12. The van der Waals surface area contributed by atoms with E-state index in [2.05, 4.69) is 10.3 Å². The van der Waals surface area contributed by atoms with Gasteiger partial charge < -0.3 is 15.0 Å². The van der Waals surface area contributed by atoms with Crippen LogP contribution in [-0.2, 0) is 6.54 Å². The van der Waals surface area contributed by atoms with Gasteiger partial charge in [-0.2, -0.15) is 0 Å². The number of nitrogens with one attached hydrogen (secondary N) is 1. The second-order valence-electron chi connectivity index (χ2n) is 4.61. The lowest BCUT2D eigenvalue weighted by molar-refractivity contribution is 0.386. The SMILES string of the molecule is COc1ccc(CNc2cnccc2N(C)C)cc1F. The molecule has 1 heterocycles. The summed E-state index contributed by atoms with van der Waals surface area (Å²) in [7, 11) is 5.39. The third-order valence-electron chi connectivity index (χ3n) is 2.98. The van der Waals surface area contributed by atoms with Crippen molar-refractivity contribution in [2.75, 3.05) is 31.4 Å². The van der Waals surface area contributed by atoms with Crippen LogP contribution in [0.1, 0.15) is 5.56 Å². The van der Waals surface area contributed by atoms with Crippen LogP contribution in [0.25, 0.3) is 0 Å². The summed E-state index contributed by atoms with van der Waals surface area (Å²) >= 11 is 0. The molecule has 4 nitrogen and oxygen atoms in total. The Morgan fingerprint density at radius 1 is 1.30 bits per heavy atom. The summed E-state index contributed by atoms with van der Waals surface area (Å²) in [5.74, 6) is -0.102. The molecule has 20 heavy (non-hydrogen) atoms. The Morgan fingerprint density at radius 2 is 2.10 bits per heavy atom. The van der Waals surface area contributed by atoms with E-state index in [4.69, 9.17) is 4.74 Å². The molecule has 0 atom stereocenters. The minimum atomic E-state index is -0.356. The van der Waals surface area contributed by atoms with Gasteiger partial charge in [-0.05, 0) is 23.8 Å². The van der Waals surface area contributed by atoms with Gasteiger partial charge in [0.15, 0.2) is 11.6 Å². The first-order chi connectivity index (χ1) is 9.61. The van der Waals surface area contributed by atoms with Crippen LogP contribution in [0.5, 0.6) is 5.75 Å². The quantitative estimate of drug-likeness (QED) is 0.910. The van der Waals surface area contributed by atoms with Gasteiger partial charge in [-0.25, -0.2) is 4.39 Å². The molecular weight excluding hydrogens is 257 g/mol. The fourth-order valence-electron chi connectivity index (χ4n) is 1.93. The van der Waals surface area contributed by atoms with Crippen molar-refractivity contribution in [3.05, 3.63) is 48.0 Å². The number of aromatic nitrogens is 1. The number of nitrogens with zero attached hydrogens (tertiary/aromatic N) is 2. The summed E-state index contributed by atoms with van der Waals surface area (Å²) in [6, 6.07) is 6.86. The fourth-order valence-corrected chi connectivity index (χ4v) is 1.93. The Balaban J connectivity index is 2.11. The smallest absolute Gasteiger partial charge is 0.165 e. The van der Waals surface area contributed by atoms with E-state index in [1.165, 1.54) is 13.2 Å². The van der Waals surface area contributed by atoms with Crippen LogP contribution in [-0.4, -0.2) is 26.2 Å². The van der Waals surface area contributed by atoms with Crippen molar-refractivity contribution >= 4 is 11.4 Å². The number of methoxy groups -OCH3 is 1. The van der Waals surface area contributed by atoms with Crippen molar-refractivity contribution in [3.63, 3.8) is 0 Å². The first kappa shape index (κ1) is 14.1. The first-order valence-corrected chi connectivity index (χ1v) is 6.29. The van der Waals surface area contributed by atoms with Gasteiger partial charge in [-0.1, -0.05) is 6.07 Å². The number of halogens is 1. The van der Waals surface area contributed by atoms with E-state index in [1.54, 1.807) is 18.5 Å². The summed E-state index contributed by atoms with van der Waals surface area (Å²) < 4.78 is 18.5. The van der Waals surface area contributed by atoms with Crippen LogP contribution in [0.2, 0.25) is 0 Å². The van der Waals surface area contributed by atoms with Crippen molar-refractivity contribution in [2.24, 2.45) is 0 Å². The van der Waals surface area contributed by atoms with Crippen molar-refractivity contribution in [1.82, 2.24) is 4.98 Å². The van der Waals surface area contributed by atoms with Gasteiger partial charge in [-0.15, -0.1) is 0 Å². The number of benzene rings is 1. The summed E-state index contributed by atoms with van der Waals surface area (Å²) in [5.41, 5.74) is 2.79. The van der Waals surface area contributed by atoms with Crippen molar-refractivity contribution < 1.29 is 9.13 Å². The molecule has 2 aromatic rings. The van der Waals surface area contributed by atoms with Gasteiger partial charge in [0, 0.05) is 26.8 Å². The molecule has 2 rings (SSSR count). The number of rotatable bonds is 5. The van der Waals surface area contributed by atoms with E-state index in [1.807, 2.05) is 31.1 Å². The molecule has 0 bridgehead atoms. The number of hydrogen-bond donors (Lipinski definition) is 1. The molecule has 0 fully saturated rings. The number of anilines is 2. The third kappa shape index (κ3) is 3.17. The van der Waals surface area contributed by atoms with Gasteiger partial charge in [-0.3, -0.25) is 4.98 Å². The highest BCUT2D eigenvalue weighted by atomic mass is 19.1. The van der Waals surface area contributed by atoms with Gasteiger partial charge in [0.2, 0.25) is 0 Å². The molecule has 106 valence electrons. The van der Waals surface area contributed by atoms with E-state index in [-0.39, 0.29) is 11.6 Å². The van der Waals surface area contributed by atoms with Crippen LogP contribution in [0.3, 0.4) is 0 Å². The van der Waals surface area contributed by atoms with Gasteiger partial charge >= 0.3 is 0 Å². The molecule has 0 aliphatic heterocycles. The summed E-state index contributed by atoms with van der Waals surface area (Å²) in [6.45, 7) is 0.521. The van der Waals surface area contributed by atoms with E-state index in [0.29, 0.717) is 6.54 Å². The summed E-state index contributed by atoms with van der Waals surface area (Å²) in [6.07, 6.45) is 3.50. The summed E-state index contributed by atoms with van der Waals surface area (Å²) in [5, 5.41) is 3.26. The van der Waals surface area contributed by atoms with Crippen molar-refractivity contribution in [3.8, 4) is 5.75 Å². The monoisotopic (exact) mass is 275 g/mol. The van der Waals surface area contributed by atoms with Crippen LogP contribution < -0.4 is 15.0 Å². The van der Waals surface area contributed by atoms with Gasteiger partial charge in [0.25, 0.3) is 0 Å². The maximum atomic E-state index is 13.6. The zero-order valence-corrected chi connectivity index (χ0v) is 11.9. The van der Waals surface area contributed by atoms with E-state index in [9.17, 15) is 4.39 Å². The molecule has 1 aromatic carbocycles. The molecule has 0 amide bonds. The molecular formula is C15H18FN3O. The van der Waals surface area contributed by atoms with Crippen molar-refractivity contribution in [1.29, 1.82) is 0 Å². The molecule has 0 aliphatic rings. The Hall–Kier alpha value is -2.30. The number of ether oxygens (including phenoxy) is 1. The standard InChI is InChI=1S/C15H18FN3O/c1-19(2)14-6-7-17-10-13(14)18-9-11-4-5-15(20-3)12(16)8-11/h4-8,10,18H,9H2,1-3H3. The molecule has 0 radical (unpaired) electrons. The van der Waals surface area contributed by atoms with Crippen LogP contribution >= 0.6 is 0 Å². The first-order valence-electron chi connectivity index (χ1n) is 6.29. The van der Waals surface area contributed by atoms with Gasteiger partial charge in [0.05, 0.1) is 24.7 Å². The fraction of sp³-hybridized carbons (Fsp3) is 0.267. The maximum absolute atomic E-state index is 13.6. The van der Waals surface area contributed by atoms with Crippen LogP contribution in [0.15, 0.2) is 36.7 Å². The number of hydrogen-bond acceptors (Lipinski definition) is 4. The lowest BCUT2D eigenvalue weighted by atomic mass is 10.2. The Bertz CT molecular complexity index is 587. The molecule has 1 N–H and O–H groups in total. The molecule has 0 spiro atoms. The normalized spacial score (nSPS) is 10.2. The molecule has 0 aliphatic carbocycles. The lowest BCUT2D eigenvalue weighted by Gasteiger charge is -2.18. The second kappa shape index (κ2) is 6.23. The predicted octanol–water partition coefficient (Wildman–Crippen LogP) is 2.91. The van der Waals surface area contributed by atoms with E-state index in [0.717, 1.165) is 16.9 Å². The Morgan fingerprint density at radius 3 is 2.75 bits per heavy atom. The van der Waals surface area contributed by atoms with Crippen LogP contribution in [0, 0.1) is 5.82 Å². The molecule has 5 heteroatoms. The largest absolute Gasteiger partial charge is 0.494 e. The highest BCUT2D eigenvalue weighted by Gasteiger charge is 2.06. The number of pyridine rings is 1. The zero-order chi connectivity index (χ0) is 14.5. The highest BCUT2D eigenvalue weighted by Crippen LogP contribution is 2.23. The highest BCUT2D eigenvalue weighted by molar-refractivity contribution is 5.68. The Labute approximate surface area is 118 Å². The minimum absolute atomic E-state index is 0.254.